The number of carbonyl (C=O) groups is 1. The van der Waals surface area contributed by atoms with Crippen LogP contribution < -0.4 is 20.0 Å². The van der Waals surface area contributed by atoms with Gasteiger partial charge < -0.3 is 24.3 Å². The highest BCUT2D eigenvalue weighted by Crippen LogP contribution is 2.38. The van der Waals surface area contributed by atoms with Crippen LogP contribution >= 0.6 is 0 Å². The Labute approximate surface area is 223 Å². The Hall–Kier alpha value is -3.83. The average Bonchev–Trinajstić information content (AvgIpc) is 2.93. The van der Waals surface area contributed by atoms with Crippen molar-refractivity contribution in [1.82, 2.24) is 15.0 Å². The first-order valence-corrected chi connectivity index (χ1v) is 13.2. The van der Waals surface area contributed by atoms with Crippen LogP contribution in [0.1, 0.15) is 55.8 Å². The van der Waals surface area contributed by atoms with Crippen LogP contribution in [0.25, 0.3) is 10.9 Å². The van der Waals surface area contributed by atoms with Crippen molar-refractivity contribution >= 4 is 28.5 Å². The summed E-state index contributed by atoms with van der Waals surface area (Å²) in [6, 6.07) is 2.64. The maximum absolute atomic E-state index is 15.4. The predicted molar refractivity (Wildman–Crippen MR) is 141 cm³/mol. The highest BCUT2D eigenvalue weighted by molar-refractivity contribution is 5.97. The molecule has 1 N–H and O–H groups in total. The lowest BCUT2D eigenvalue weighted by molar-refractivity contribution is -0.0487. The van der Waals surface area contributed by atoms with E-state index in [2.05, 4.69) is 21.9 Å². The number of ether oxygens (including phenoxy) is 2. The first-order valence-electron chi connectivity index (χ1n) is 13.2. The number of piperazine rings is 1. The molecule has 1 aromatic carbocycles. The lowest BCUT2D eigenvalue weighted by Crippen LogP contribution is -2.47. The number of benzene rings is 1. The number of unbranched alkanes of at least 4 members (excludes halogenated alkanes) is 5. The second-order valence-electron chi connectivity index (χ2n) is 9.30. The van der Waals surface area contributed by atoms with E-state index in [1.54, 1.807) is 23.4 Å². The van der Waals surface area contributed by atoms with E-state index in [1.165, 1.54) is 0 Å². The van der Waals surface area contributed by atoms with Crippen LogP contribution in [0.15, 0.2) is 35.5 Å². The van der Waals surface area contributed by atoms with Gasteiger partial charge in [0, 0.05) is 44.8 Å². The van der Waals surface area contributed by atoms with Crippen molar-refractivity contribution < 1.29 is 27.4 Å². The number of hydrogen-bond acceptors (Lipinski definition) is 8. The molecule has 0 unspecified atom stereocenters. The summed E-state index contributed by atoms with van der Waals surface area (Å²) >= 11 is 0. The third-order valence-electron chi connectivity index (χ3n) is 6.65. The number of rotatable bonds is 12. The minimum atomic E-state index is -3.27. The first-order chi connectivity index (χ1) is 18.9. The molecule has 3 heterocycles. The molecule has 210 valence electrons. The van der Waals surface area contributed by atoms with Crippen LogP contribution in [-0.2, 0) is 4.74 Å². The lowest BCUT2D eigenvalue weighted by atomic mass is 10.1. The Bertz CT molecular complexity index is 1310. The molecule has 0 saturated carbocycles. The number of carbonyl (C=O) groups excluding carboxylic acids is 1. The molecular weight excluding hydrogens is 515 g/mol. The molecule has 3 aromatic rings. The van der Waals surface area contributed by atoms with E-state index in [0.29, 0.717) is 25.5 Å². The molecule has 12 heteroatoms. The summed E-state index contributed by atoms with van der Waals surface area (Å²) in [7, 11) is 0. The number of aromatic amines is 1. The van der Waals surface area contributed by atoms with E-state index in [4.69, 9.17) is 9.47 Å². The van der Waals surface area contributed by atoms with Crippen molar-refractivity contribution in [2.24, 2.45) is 0 Å². The van der Waals surface area contributed by atoms with Gasteiger partial charge >= 0.3 is 12.6 Å². The van der Waals surface area contributed by atoms with Gasteiger partial charge in [-0.1, -0.05) is 39.0 Å². The molecule has 2 aromatic heterocycles. The zero-order chi connectivity index (χ0) is 27.8. The van der Waals surface area contributed by atoms with E-state index in [1.807, 2.05) is 4.90 Å². The molecule has 1 aliphatic heterocycles. The maximum atomic E-state index is 15.4. The van der Waals surface area contributed by atoms with Crippen molar-refractivity contribution in [2.75, 3.05) is 42.6 Å². The quantitative estimate of drug-likeness (QED) is 0.252. The number of aromatic nitrogens is 3. The van der Waals surface area contributed by atoms with Crippen LogP contribution in [0, 0.1) is 5.82 Å². The summed E-state index contributed by atoms with van der Waals surface area (Å²) in [6.07, 6.45) is 10.3. The fourth-order valence-corrected chi connectivity index (χ4v) is 4.65. The number of nitrogens with zero attached hydrogens (tertiary/aromatic N) is 4. The summed E-state index contributed by atoms with van der Waals surface area (Å²) in [5, 5.41) is -0.280. The zero-order valence-electron chi connectivity index (χ0n) is 21.8. The number of nitrogens with one attached hydrogen (secondary N) is 1. The molecular formula is C27H32F3N5O4. The summed E-state index contributed by atoms with van der Waals surface area (Å²) in [4.78, 5) is 40.2. The van der Waals surface area contributed by atoms with Gasteiger partial charge in [0.05, 0.1) is 17.5 Å². The summed E-state index contributed by atoms with van der Waals surface area (Å²) in [5.41, 5.74) is -1.48. The normalized spacial score (nSPS) is 13.8. The van der Waals surface area contributed by atoms with Gasteiger partial charge in [0.2, 0.25) is 11.4 Å². The summed E-state index contributed by atoms with van der Waals surface area (Å²) < 4.78 is 52.3. The fourth-order valence-electron chi connectivity index (χ4n) is 4.65. The first kappa shape index (κ1) is 28.2. The minimum Gasteiger partial charge on any atom is -0.462 e. The van der Waals surface area contributed by atoms with E-state index in [9.17, 15) is 18.4 Å². The molecule has 0 amide bonds. The van der Waals surface area contributed by atoms with Crippen molar-refractivity contribution in [1.29, 1.82) is 0 Å². The van der Waals surface area contributed by atoms with Crippen LogP contribution in [0.2, 0.25) is 0 Å². The van der Waals surface area contributed by atoms with Gasteiger partial charge in [0.25, 0.3) is 0 Å². The second kappa shape index (κ2) is 13.3. The standard InChI is InChI=1S/C27H32F3N5O4/c1-2-3-4-5-6-7-15-38-25(37)19-17-33-21-18(23(19)36)16-20(28)22(24(21)39-26(29)30)34-11-13-35(14-12-34)27-31-9-8-10-32-27/h8-10,16-17,26H,2-7,11-15H2,1H3,(H,33,36). The molecule has 1 fully saturated rings. The van der Waals surface area contributed by atoms with Crippen molar-refractivity contribution in [3.05, 3.63) is 52.3 Å². The Kier molecular flexibility index (Phi) is 9.61. The number of H-pyrrole nitrogens is 1. The van der Waals surface area contributed by atoms with Gasteiger partial charge in [-0.2, -0.15) is 8.78 Å². The van der Waals surface area contributed by atoms with Crippen LogP contribution in [-0.4, -0.2) is 60.3 Å². The highest BCUT2D eigenvalue weighted by atomic mass is 19.3. The molecule has 1 aliphatic rings. The Balaban J connectivity index is 1.55. The van der Waals surface area contributed by atoms with Crippen LogP contribution in [0.5, 0.6) is 5.75 Å². The lowest BCUT2D eigenvalue weighted by Gasteiger charge is -2.36. The Morgan fingerprint density at radius 1 is 1.05 bits per heavy atom. The molecule has 9 nitrogen and oxygen atoms in total. The van der Waals surface area contributed by atoms with E-state index in [0.717, 1.165) is 44.4 Å². The number of hydrogen-bond donors (Lipinski definition) is 1. The van der Waals surface area contributed by atoms with Gasteiger partial charge in [-0.3, -0.25) is 4.79 Å². The maximum Gasteiger partial charge on any atom is 0.387 e. The summed E-state index contributed by atoms with van der Waals surface area (Å²) in [6.45, 7) is 0.376. The number of pyridine rings is 1. The Morgan fingerprint density at radius 3 is 2.41 bits per heavy atom. The van der Waals surface area contributed by atoms with E-state index in [-0.39, 0.29) is 41.9 Å². The van der Waals surface area contributed by atoms with Crippen LogP contribution in [0.4, 0.5) is 24.8 Å². The molecule has 0 spiro atoms. The molecule has 4 rings (SSSR count). The molecule has 0 aliphatic carbocycles. The molecule has 39 heavy (non-hydrogen) atoms. The minimum absolute atomic E-state index is 0.127. The number of esters is 1. The van der Waals surface area contributed by atoms with Crippen LogP contribution in [0.3, 0.4) is 0 Å². The monoisotopic (exact) mass is 547 g/mol. The van der Waals surface area contributed by atoms with Gasteiger partial charge in [-0.25, -0.2) is 19.2 Å². The largest absolute Gasteiger partial charge is 0.462 e. The zero-order valence-corrected chi connectivity index (χ0v) is 21.8. The molecule has 1 saturated heterocycles. The number of halogens is 3. The van der Waals surface area contributed by atoms with Crippen molar-refractivity contribution in [3.63, 3.8) is 0 Å². The van der Waals surface area contributed by atoms with E-state index >= 15 is 4.39 Å². The molecule has 0 bridgehead atoms. The molecule has 0 atom stereocenters. The average molecular weight is 548 g/mol. The van der Waals surface area contributed by atoms with E-state index < -0.39 is 29.6 Å². The van der Waals surface area contributed by atoms with Crippen molar-refractivity contribution in [3.8, 4) is 5.75 Å². The van der Waals surface area contributed by atoms with Gasteiger partial charge in [-0.15, -0.1) is 0 Å². The third kappa shape index (κ3) is 6.79. The van der Waals surface area contributed by atoms with Gasteiger partial charge in [0.1, 0.15) is 11.3 Å². The van der Waals surface area contributed by atoms with Gasteiger partial charge in [-0.05, 0) is 18.6 Å². The SMILES string of the molecule is CCCCCCCCOC(=O)c1c[nH]c2c(OC(F)F)c(N3CCN(c4ncccn4)CC3)c(F)cc2c1=O. The Morgan fingerprint density at radius 2 is 1.72 bits per heavy atom. The third-order valence-corrected chi connectivity index (χ3v) is 6.65. The number of anilines is 2. The number of alkyl halides is 2. The summed E-state index contributed by atoms with van der Waals surface area (Å²) in [5.74, 6) is -1.74. The topological polar surface area (TPSA) is 101 Å². The molecule has 0 radical (unpaired) electrons. The highest BCUT2D eigenvalue weighted by Gasteiger charge is 2.29. The van der Waals surface area contributed by atoms with Crippen molar-refractivity contribution in [2.45, 2.75) is 52.1 Å². The second-order valence-corrected chi connectivity index (χ2v) is 9.30. The predicted octanol–water partition coefficient (Wildman–Crippen LogP) is 4.90. The van der Waals surface area contributed by atoms with Gasteiger partial charge in [0.15, 0.2) is 11.6 Å². The fraction of sp³-hybridized carbons (Fsp3) is 0.481. The smallest absolute Gasteiger partial charge is 0.387 e. The number of fused-ring (bicyclic) bond motifs is 1.